The number of hydrogen-bond acceptors (Lipinski definition) is 8. The predicted molar refractivity (Wildman–Crippen MR) is 103 cm³/mol. The first-order chi connectivity index (χ1) is 12.9. The molecule has 0 unspecified atom stereocenters. The highest BCUT2D eigenvalue weighted by Gasteiger charge is 2.27. The first-order valence-electron chi connectivity index (χ1n) is 8.36. The number of rotatable bonds is 7. The van der Waals surface area contributed by atoms with Gasteiger partial charge < -0.3 is 14.1 Å². The summed E-state index contributed by atoms with van der Waals surface area (Å²) in [6.07, 6.45) is 0. The SMILES string of the molecule is CCOC(=O)c1c(C)[nH]c(C(=O)[C@H](C)Sc2nnc(-c3cccs3)o2)c1C. The molecule has 0 saturated heterocycles. The monoisotopic (exact) mass is 405 g/mol. The van der Waals surface area contributed by atoms with Crippen LogP contribution in [0.15, 0.2) is 27.2 Å². The van der Waals surface area contributed by atoms with E-state index in [1.165, 1.54) is 23.1 Å². The molecule has 142 valence electrons. The van der Waals surface area contributed by atoms with Gasteiger partial charge in [-0.05, 0) is 44.7 Å². The van der Waals surface area contributed by atoms with E-state index in [4.69, 9.17) is 9.15 Å². The van der Waals surface area contributed by atoms with Crippen LogP contribution in [0.3, 0.4) is 0 Å². The van der Waals surface area contributed by atoms with Crippen LogP contribution in [0.4, 0.5) is 0 Å². The normalized spacial score (nSPS) is 12.1. The number of nitrogens with one attached hydrogen (secondary N) is 1. The molecule has 0 aliphatic heterocycles. The standard InChI is InChI=1S/C18H19N3O4S2/c1-5-24-17(23)13-9(2)14(19-10(13)3)15(22)11(4)27-18-21-20-16(25-18)12-7-6-8-26-12/h6-8,11,19H,5H2,1-4H3/t11-/m0/s1. The molecule has 0 aliphatic carbocycles. The zero-order valence-electron chi connectivity index (χ0n) is 15.4. The maximum absolute atomic E-state index is 12.9. The van der Waals surface area contributed by atoms with Crippen molar-refractivity contribution in [3.63, 3.8) is 0 Å². The molecular formula is C18H19N3O4S2. The number of nitrogens with zero attached hydrogens (tertiary/aromatic N) is 2. The zero-order chi connectivity index (χ0) is 19.6. The van der Waals surface area contributed by atoms with E-state index in [-0.39, 0.29) is 12.4 Å². The molecule has 3 heterocycles. The summed E-state index contributed by atoms with van der Waals surface area (Å²) in [5.41, 5.74) is 2.01. The number of H-pyrrole nitrogens is 1. The van der Waals surface area contributed by atoms with E-state index in [1.54, 1.807) is 27.7 Å². The van der Waals surface area contributed by atoms with Crippen molar-refractivity contribution in [2.24, 2.45) is 0 Å². The lowest BCUT2D eigenvalue weighted by atomic mass is 10.1. The fraction of sp³-hybridized carbons (Fsp3) is 0.333. The van der Waals surface area contributed by atoms with Crippen molar-refractivity contribution in [3.8, 4) is 10.8 Å². The van der Waals surface area contributed by atoms with Gasteiger partial charge in [0.25, 0.3) is 11.1 Å². The van der Waals surface area contributed by atoms with E-state index < -0.39 is 11.2 Å². The third kappa shape index (κ3) is 3.98. The van der Waals surface area contributed by atoms with Gasteiger partial charge >= 0.3 is 5.97 Å². The number of ketones is 1. The Morgan fingerprint density at radius 1 is 1.37 bits per heavy atom. The molecule has 1 atom stereocenters. The number of aryl methyl sites for hydroxylation is 1. The Morgan fingerprint density at radius 3 is 2.81 bits per heavy atom. The lowest BCUT2D eigenvalue weighted by Crippen LogP contribution is -2.15. The maximum atomic E-state index is 12.9. The highest BCUT2D eigenvalue weighted by Crippen LogP contribution is 2.30. The van der Waals surface area contributed by atoms with Crippen LogP contribution >= 0.6 is 23.1 Å². The second-order valence-corrected chi connectivity index (χ2v) is 8.06. The van der Waals surface area contributed by atoms with Gasteiger partial charge in [0, 0.05) is 5.69 Å². The quantitative estimate of drug-likeness (QED) is 0.356. The number of ether oxygens (including phenoxy) is 1. The molecule has 3 aromatic heterocycles. The number of esters is 1. The molecule has 27 heavy (non-hydrogen) atoms. The molecule has 1 N–H and O–H groups in total. The number of Topliss-reactive ketones (excluding diaryl/α,β-unsaturated/α-hetero) is 1. The van der Waals surface area contributed by atoms with Gasteiger partial charge in [-0.25, -0.2) is 4.79 Å². The second-order valence-electron chi connectivity index (χ2n) is 5.82. The smallest absolute Gasteiger partial charge is 0.340 e. The number of aromatic amines is 1. The summed E-state index contributed by atoms with van der Waals surface area (Å²) in [5.74, 6) is -0.142. The van der Waals surface area contributed by atoms with Gasteiger partial charge in [-0.1, -0.05) is 17.8 Å². The summed E-state index contributed by atoms with van der Waals surface area (Å²) in [5, 5.41) is 9.81. The van der Waals surface area contributed by atoms with Crippen LogP contribution < -0.4 is 0 Å². The van der Waals surface area contributed by atoms with Gasteiger partial charge in [0.2, 0.25) is 0 Å². The molecule has 3 aromatic rings. The van der Waals surface area contributed by atoms with E-state index in [0.29, 0.717) is 33.6 Å². The van der Waals surface area contributed by atoms with Crippen molar-refractivity contribution in [3.05, 3.63) is 40.0 Å². The number of thiophene rings is 1. The van der Waals surface area contributed by atoms with Crippen molar-refractivity contribution in [2.45, 2.75) is 38.2 Å². The van der Waals surface area contributed by atoms with Crippen molar-refractivity contribution in [1.82, 2.24) is 15.2 Å². The minimum atomic E-state index is -0.464. The minimum Gasteiger partial charge on any atom is -0.462 e. The molecule has 0 aromatic carbocycles. The van der Waals surface area contributed by atoms with Crippen molar-refractivity contribution in [2.75, 3.05) is 6.61 Å². The largest absolute Gasteiger partial charge is 0.462 e. The van der Waals surface area contributed by atoms with Crippen LogP contribution in [0, 0.1) is 13.8 Å². The summed E-state index contributed by atoms with van der Waals surface area (Å²) in [6.45, 7) is 7.28. The summed E-state index contributed by atoms with van der Waals surface area (Å²) in [6, 6.07) is 3.80. The lowest BCUT2D eigenvalue weighted by molar-refractivity contribution is 0.0525. The molecule has 0 saturated carbocycles. The molecule has 0 fully saturated rings. The first-order valence-corrected chi connectivity index (χ1v) is 10.1. The predicted octanol–water partition coefficient (Wildman–Crippen LogP) is 4.28. The van der Waals surface area contributed by atoms with Crippen LogP contribution in [0.2, 0.25) is 0 Å². The zero-order valence-corrected chi connectivity index (χ0v) is 17.0. The van der Waals surface area contributed by atoms with Crippen LogP contribution in [-0.2, 0) is 4.74 Å². The molecule has 0 spiro atoms. The number of thioether (sulfide) groups is 1. The average molecular weight is 406 g/mol. The molecule has 3 rings (SSSR count). The highest BCUT2D eigenvalue weighted by molar-refractivity contribution is 8.00. The number of aromatic nitrogens is 3. The lowest BCUT2D eigenvalue weighted by Gasteiger charge is -2.07. The third-order valence-electron chi connectivity index (χ3n) is 3.95. The van der Waals surface area contributed by atoms with E-state index in [1.807, 2.05) is 17.5 Å². The van der Waals surface area contributed by atoms with Gasteiger partial charge in [-0.3, -0.25) is 4.79 Å². The van der Waals surface area contributed by atoms with Crippen molar-refractivity contribution in [1.29, 1.82) is 0 Å². The number of carbonyl (C=O) groups excluding carboxylic acids is 2. The van der Waals surface area contributed by atoms with Gasteiger partial charge in [0.1, 0.15) is 0 Å². The summed E-state index contributed by atoms with van der Waals surface area (Å²) in [4.78, 5) is 28.9. The molecule has 7 nitrogen and oxygen atoms in total. The molecule has 0 amide bonds. The van der Waals surface area contributed by atoms with Crippen LogP contribution in [0.5, 0.6) is 0 Å². The van der Waals surface area contributed by atoms with Crippen molar-refractivity contribution >= 4 is 34.9 Å². The number of carbonyl (C=O) groups is 2. The van der Waals surface area contributed by atoms with Crippen LogP contribution in [0.25, 0.3) is 10.8 Å². The van der Waals surface area contributed by atoms with E-state index in [2.05, 4.69) is 15.2 Å². The molecule has 0 bridgehead atoms. The van der Waals surface area contributed by atoms with Gasteiger partial charge in [-0.15, -0.1) is 21.5 Å². The highest BCUT2D eigenvalue weighted by atomic mass is 32.2. The minimum absolute atomic E-state index is 0.146. The topological polar surface area (TPSA) is 98.1 Å². The van der Waals surface area contributed by atoms with Gasteiger partial charge in [0.15, 0.2) is 5.78 Å². The van der Waals surface area contributed by atoms with Gasteiger partial charge in [-0.2, -0.15) is 0 Å². The molecular weight excluding hydrogens is 386 g/mol. The van der Waals surface area contributed by atoms with E-state index in [9.17, 15) is 9.59 Å². The summed E-state index contributed by atoms with van der Waals surface area (Å²) in [7, 11) is 0. The Morgan fingerprint density at radius 2 is 2.15 bits per heavy atom. The Balaban J connectivity index is 1.76. The molecule has 0 radical (unpaired) electrons. The Bertz CT molecular complexity index is 960. The Labute approximate surface area is 164 Å². The fourth-order valence-electron chi connectivity index (χ4n) is 2.67. The fourth-order valence-corrected chi connectivity index (χ4v) is 4.06. The Hall–Kier alpha value is -2.39. The second kappa shape index (κ2) is 8.10. The average Bonchev–Trinajstić information content (AvgIpc) is 3.35. The van der Waals surface area contributed by atoms with Crippen LogP contribution in [-0.4, -0.2) is 38.8 Å². The molecule has 9 heteroatoms. The Kier molecular flexibility index (Phi) is 5.81. The summed E-state index contributed by atoms with van der Waals surface area (Å²) >= 11 is 2.69. The van der Waals surface area contributed by atoms with E-state index in [0.717, 1.165) is 4.88 Å². The third-order valence-corrected chi connectivity index (χ3v) is 5.74. The summed E-state index contributed by atoms with van der Waals surface area (Å²) < 4.78 is 10.7. The van der Waals surface area contributed by atoms with Crippen LogP contribution in [0.1, 0.15) is 46.0 Å². The van der Waals surface area contributed by atoms with Gasteiger partial charge in [0.05, 0.1) is 28.0 Å². The molecule has 0 aliphatic rings. The maximum Gasteiger partial charge on any atom is 0.340 e. The van der Waals surface area contributed by atoms with Crippen molar-refractivity contribution < 1.29 is 18.7 Å². The number of hydrogen-bond donors (Lipinski definition) is 1. The first kappa shape index (κ1) is 19.4. The van der Waals surface area contributed by atoms with E-state index >= 15 is 0 Å².